The van der Waals surface area contributed by atoms with Crippen LogP contribution in [0.3, 0.4) is 0 Å². The summed E-state index contributed by atoms with van der Waals surface area (Å²) in [6, 6.07) is 18.2. The van der Waals surface area contributed by atoms with Crippen molar-refractivity contribution in [2.45, 2.75) is 13.2 Å². The highest BCUT2D eigenvalue weighted by Gasteiger charge is 2.35. The molecule has 0 N–H and O–H groups in total. The number of imide groups is 1. The summed E-state index contributed by atoms with van der Waals surface area (Å²) in [6.45, 7) is 0.508. The largest absolute Gasteiger partial charge is 0.488 e. The maximum Gasteiger partial charge on any atom is 0.293 e. The van der Waals surface area contributed by atoms with Gasteiger partial charge in [0.25, 0.3) is 11.1 Å². The number of rotatable bonds is 6. The first-order valence-corrected chi connectivity index (χ1v) is 12.8. The molecule has 33 heavy (non-hydrogen) atoms. The Morgan fingerprint density at radius 3 is 2.55 bits per heavy atom. The molecule has 168 valence electrons. The minimum Gasteiger partial charge on any atom is -0.488 e. The maximum atomic E-state index is 12.8. The Kier molecular flexibility index (Phi) is 7.87. The zero-order valence-corrected chi connectivity index (χ0v) is 22.4. The van der Waals surface area contributed by atoms with Crippen LogP contribution < -0.4 is 4.74 Å². The van der Waals surface area contributed by atoms with E-state index in [2.05, 4.69) is 31.9 Å². The molecule has 9 heteroatoms. The SMILES string of the molecule is O=C1S/C(=C/c2ccc(OCc3ccc(Cl)cc3Cl)c(Br)c2)C(=O)N1Cc1cccc(Br)c1. The molecular weight excluding hydrogens is 613 g/mol. The lowest BCUT2D eigenvalue weighted by atomic mass is 10.2. The number of carbonyl (C=O) groups is 2. The van der Waals surface area contributed by atoms with Crippen LogP contribution in [0.2, 0.25) is 10.0 Å². The minimum absolute atomic E-state index is 0.227. The van der Waals surface area contributed by atoms with Gasteiger partial charge >= 0.3 is 0 Å². The molecule has 0 saturated carbocycles. The van der Waals surface area contributed by atoms with Crippen LogP contribution in [0.1, 0.15) is 16.7 Å². The summed E-state index contributed by atoms with van der Waals surface area (Å²) in [5, 5.41) is 0.814. The summed E-state index contributed by atoms with van der Waals surface area (Å²) >= 11 is 20.0. The third-order valence-corrected chi connectivity index (χ3v) is 7.36. The van der Waals surface area contributed by atoms with Crippen molar-refractivity contribution >= 4 is 84.0 Å². The molecule has 0 unspecified atom stereocenters. The van der Waals surface area contributed by atoms with Gasteiger partial charge in [0.05, 0.1) is 15.9 Å². The van der Waals surface area contributed by atoms with Crippen molar-refractivity contribution in [2.75, 3.05) is 0 Å². The molecule has 1 aliphatic rings. The van der Waals surface area contributed by atoms with Crippen LogP contribution in [0.4, 0.5) is 4.79 Å². The van der Waals surface area contributed by atoms with Gasteiger partial charge in [-0.05, 0) is 81.3 Å². The van der Waals surface area contributed by atoms with Gasteiger partial charge in [0, 0.05) is 20.1 Å². The van der Waals surface area contributed by atoms with E-state index in [0.717, 1.165) is 37.4 Å². The Labute approximate surface area is 222 Å². The van der Waals surface area contributed by atoms with Gasteiger partial charge in [-0.15, -0.1) is 0 Å². The molecule has 1 saturated heterocycles. The molecular formula is C24H15Br2Cl2NO3S. The quantitative estimate of drug-likeness (QED) is 0.258. The smallest absolute Gasteiger partial charge is 0.293 e. The Hall–Kier alpha value is -1.77. The normalized spacial score (nSPS) is 14.9. The van der Waals surface area contributed by atoms with Gasteiger partial charge < -0.3 is 4.74 Å². The topological polar surface area (TPSA) is 46.6 Å². The molecule has 0 bridgehead atoms. The van der Waals surface area contributed by atoms with Gasteiger partial charge in [0.2, 0.25) is 0 Å². The summed E-state index contributed by atoms with van der Waals surface area (Å²) < 4.78 is 7.48. The lowest BCUT2D eigenvalue weighted by Gasteiger charge is -2.12. The van der Waals surface area contributed by atoms with E-state index in [1.165, 1.54) is 4.90 Å². The molecule has 3 aromatic carbocycles. The predicted molar refractivity (Wildman–Crippen MR) is 141 cm³/mol. The summed E-state index contributed by atoms with van der Waals surface area (Å²) in [5.74, 6) is 0.319. The van der Waals surface area contributed by atoms with E-state index in [1.54, 1.807) is 24.3 Å². The molecule has 0 aliphatic carbocycles. The van der Waals surface area contributed by atoms with Crippen molar-refractivity contribution in [2.24, 2.45) is 0 Å². The molecule has 0 atom stereocenters. The van der Waals surface area contributed by atoms with E-state index in [0.29, 0.717) is 20.7 Å². The van der Waals surface area contributed by atoms with Gasteiger partial charge in [0.15, 0.2) is 0 Å². The van der Waals surface area contributed by atoms with Crippen LogP contribution >= 0.6 is 66.8 Å². The standard InChI is InChI=1S/C24H15Br2Cl2NO3S/c25-17-3-1-2-15(8-17)12-29-23(30)22(33-24(29)31)10-14-4-7-21(19(26)9-14)32-13-16-5-6-18(27)11-20(16)28/h1-11H,12-13H2/b22-10+. The minimum atomic E-state index is -0.307. The van der Waals surface area contributed by atoms with Gasteiger partial charge in [-0.2, -0.15) is 0 Å². The molecule has 4 nitrogen and oxygen atoms in total. The van der Waals surface area contributed by atoms with E-state index < -0.39 is 0 Å². The lowest BCUT2D eigenvalue weighted by Crippen LogP contribution is -2.27. The van der Waals surface area contributed by atoms with Crippen molar-refractivity contribution in [1.82, 2.24) is 4.90 Å². The number of halogens is 4. The van der Waals surface area contributed by atoms with Gasteiger partial charge in [0.1, 0.15) is 12.4 Å². The second-order valence-electron chi connectivity index (χ2n) is 7.11. The van der Waals surface area contributed by atoms with Gasteiger partial charge in [-0.3, -0.25) is 14.5 Å². The van der Waals surface area contributed by atoms with Crippen molar-refractivity contribution in [3.05, 3.63) is 101 Å². The number of hydrogen-bond acceptors (Lipinski definition) is 4. The fourth-order valence-corrected chi connectivity index (χ4v) is 5.38. The predicted octanol–water partition coefficient (Wildman–Crippen LogP) is 8.33. The molecule has 4 rings (SSSR count). The highest BCUT2D eigenvalue weighted by atomic mass is 79.9. The van der Waals surface area contributed by atoms with E-state index in [-0.39, 0.29) is 24.3 Å². The zero-order chi connectivity index (χ0) is 23.5. The van der Waals surface area contributed by atoms with Crippen molar-refractivity contribution in [3.63, 3.8) is 0 Å². The van der Waals surface area contributed by atoms with Crippen molar-refractivity contribution in [1.29, 1.82) is 0 Å². The number of benzene rings is 3. The first kappa shape index (κ1) is 24.4. The summed E-state index contributed by atoms with van der Waals surface area (Å²) in [7, 11) is 0. The highest BCUT2D eigenvalue weighted by molar-refractivity contribution is 9.10. The fraction of sp³-hybridized carbons (Fsp3) is 0.0833. The van der Waals surface area contributed by atoms with Gasteiger partial charge in [-0.1, -0.05) is 63.4 Å². The van der Waals surface area contributed by atoms with Crippen LogP contribution in [-0.4, -0.2) is 16.0 Å². The zero-order valence-electron chi connectivity index (χ0n) is 16.9. The third kappa shape index (κ3) is 6.03. The van der Waals surface area contributed by atoms with Gasteiger partial charge in [-0.25, -0.2) is 0 Å². The Bertz CT molecular complexity index is 1280. The molecule has 3 aromatic rings. The molecule has 2 amide bonds. The molecule has 1 fully saturated rings. The average Bonchev–Trinajstić information content (AvgIpc) is 3.01. The first-order chi connectivity index (χ1) is 15.8. The van der Waals surface area contributed by atoms with Crippen LogP contribution in [0.5, 0.6) is 5.75 Å². The number of thioether (sulfide) groups is 1. The van der Waals surface area contributed by atoms with Crippen LogP contribution in [-0.2, 0) is 17.9 Å². The van der Waals surface area contributed by atoms with E-state index in [9.17, 15) is 9.59 Å². The molecule has 1 aliphatic heterocycles. The lowest BCUT2D eigenvalue weighted by molar-refractivity contribution is -0.123. The van der Waals surface area contributed by atoms with Crippen LogP contribution in [0.15, 0.2) is 74.5 Å². The maximum absolute atomic E-state index is 12.8. The fourth-order valence-electron chi connectivity index (χ4n) is 3.12. The van der Waals surface area contributed by atoms with E-state index >= 15 is 0 Å². The number of hydrogen-bond donors (Lipinski definition) is 0. The Morgan fingerprint density at radius 2 is 1.82 bits per heavy atom. The van der Waals surface area contributed by atoms with Crippen molar-refractivity contribution < 1.29 is 14.3 Å². The van der Waals surface area contributed by atoms with Crippen LogP contribution in [0.25, 0.3) is 6.08 Å². The Morgan fingerprint density at radius 1 is 1.00 bits per heavy atom. The van der Waals surface area contributed by atoms with Crippen LogP contribution in [0, 0.1) is 0 Å². The number of nitrogens with zero attached hydrogens (tertiary/aromatic N) is 1. The molecule has 1 heterocycles. The molecule has 0 spiro atoms. The van der Waals surface area contributed by atoms with E-state index in [4.69, 9.17) is 27.9 Å². The number of carbonyl (C=O) groups excluding carboxylic acids is 2. The monoisotopic (exact) mass is 625 g/mol. The summed E-state index contributed by atoms with van der Waals surface area (Å²) in [5.41, 5.74) is 2.46. The third-order valence-electron chi connectivity index (χ3n) is 4.76. The molecule has 0 aromatic heterocycles. The van der Waals surface area contributed by atoms with E-state index in [1.807, 2.05) is 42.5 Å². The summed E-state index contributed by atoms with van der Waals surface area (Å²) in [6.07, 6.45) is 1.70. The molecule has 0 radical (unpaired) electrons. The highest BCUT2D eigenvalue weighted by Crippen LogP contribution is 2.35. The second-order valence-corrected chi connectivity index (χ2v) is 10.7. The first-order valence-electron chi connectivity index (χ1n) is 9.66. The number of amides is 2. The summed E-state index contributed by atoms with van der Waals surface area (Å²) in [4.78, 5) is 26.9. The second kappa shape index (κ2) is 10.7. The number of ether oxygens (including phenoxy) is 1. The van der Waals surface area contributed by atoms with Crippen molar-refractivity contribution in [3.8, 4) is 5.75 Å². The average molecular weight is 628 g/mol. The Balaban J connectivity index is 1.46.